The van der Waals surface area contributed by atoms with Gasteiger partial charge in [-0.15, -0.1) is 0 Å². The van der Waals surface area contributed by atoms with Crippen molar-refractivity contribution < 1.29 is 5.11 Å². The maximum atomic E-state index is 11.3. The summed E-state index contributed by atoms with van der Waals surface area (Å²) in [6.45, 7) is 3.37. The standard InChI is InChI=1S/C8H13N3O2/c1-4(9)3-6-7(12)10-5(2)11-8(6)13/h4H,3,9H2,1-2H3,(H2,10,11,12,13). The molecule has 0 radical (unpaired) electrons. The molecule has 0 aromatic carbocycles. The summed E-state index contributed by atoms with van der Waals surface area (Å²) >= 11 is 0. The molecular formula is C8H13N3O2. The Morgan fingerprint density at radius 1 is 1.69 bits per heavy atom. The minimum absolute atomic E-state index is 0.170. The molecule has 5 nitrogen and oxygen atoms in total. The number of aryl methyl sites for hydroxylation is 1. The highest BCUT2D eigenvalue weighted by Crippen LogP contribution is 2.09. The molecule has 1 atom stereocenters. The molecule has 13 heavy (non-hydrogen) atoms. The molecule has 1 unspecified atom stereocenters. The molecule has 1 rings (SSSR count). The summed E-state index contributed by atoms with van der Waals surface area (Å²) in [7, 11) is 0. The topological polar surface area (TPSA) is 92.0 Å². The molecule has 0 aliphatic heterocycles. The van der Waals surface area contributed by atoms with Gasteiger partial charge in [0.2, 0.25) is 5.88 Å². The van der Waals surface area contributed by atoms with Crippen LogP contribution in [-0.2, 0) is 6.42 Å². The first-order valence-electron chi connectivity index (χ1n) is 4.05. The van der Waals surface area contributed by atoms with E-state index in [9.17, 15) is 9.90 Å². The van der Waals surface area contributed by atoms with Gasteiger partial charge < -0.3 is 15.8 Å². The number of nitrogens with two attached hydrogens (primary N) is 1. The normalized spacial score (nSPS) is 12.8. The van der Waals surface area contributed by atoms with E-state index in [-0.39, 0.29) is 23.0 Å². The van der Waals surface area contributed by atoms with E-state index in [1.807, 2.05) is 0 Å². The van der Waals surface area contributed by atoms with Crippen molar-refractivity contribution in [2.45, 2.75) is 26.3 Å². The Balaban J connectivity index is 3.14. The van der Waals surface area contributed by atoms with E-state index in [0.717, 1.165) is 0 Å². The zero-order chi connectivity index (χ0) is 10.0. The van der Waals surface area contributed by atoms with Crippen LogP contribution in [0.15, 0.2) is 4.79 Å². The fourth-order valence-corrected chi connectivity index (χ4v) is 1.10. The zero-order valence-corrected chi connectivity index (χ0v) is 7.66. The van der Waals surface area contributed by atoms with E-state index in [0.29, 0.717) is 12.2 Å². The molecule has 0 fully saturated rings. The first-order valence-corrected chi connectivity index (χ1v) is 4.05. The number of rotatable bonds is 2. The zero-order valence-electron chi connectivity index (χ0n) is 7.66. The van der Waals surface area contributed by atoms with Crippen molar-refractivity contribution in [2.24, 2.45) is 5.73 Å². The number of aromatic hydroxyl groups is 1. The van der Waals surface area contributed by atoms with Gasteiger partial charge in [0.1, 0.15) is 5.82 Å². The Bertz CT molecular complexity index is 357. The summed E-state index contributed by atoms with van der Waals surface area (Å²) in [5.74, 6) is 0.175. The fraction of sp³-hybridized carbons (Fsp3) is 0.500. The Morgan fingerprint density at radius 3 is 2.77 bits per heavy atom. The molecule has 0 aliphatic rings. The SMILES string of the molecule is Cc1nc(O)c(CC(C)N)c(=O)[nH]1. The summed E-state index contributed by atoms with van der Waals surface area (Å²) in [6.07, 6.45) is 0.328. The van der Waals surface area contributed by atoms with Gasteiger partial charge in [0.15, 0.2) is 0 Å². The van der Waals surface area contributed by atoms with Crippen molar-refractivity contribution in [3.8, 4) is 5.88 Å². The second kappa shape index (κ2) is 3.57. The van der Waals surface area contributed by atoms with Crippen LogP contribution in [0.3, 0.4) is 0 Å². The van der Waals surface area contributed by atoms with Crippen molar-refractivity contribution in [3.05, 3.63) is 21.7 Å². The highest BCUT2D eigenvalue weighted by Gasteiger charge is 2.10. The summed E-state index contributed by atoms with van der Waals surface area (Å²) < 4.78 is 0. The maximum Gasteiger partial charge on any atom is 0.257 e. The number of aromatic amines is 1. The second-order valence-electron chi connectivity index (χ2n) is 3.13. The quantitative estimate of drug-likeness (QED) is 0.585. The fourth-order valence-electron chi connectivity index (χ4n) is 1.10. The highest BCUT2D eigenvalue weighted by molar-refractivity contribution is 5.23. The van der Waals surface area contributed by atoms with Crippen molar-refractivity contribution in [1.29, 1.82) is 0 Å². The van der Waals surface area contributed by atoms with Gasteiger partial charge in [0.05, 0.1) is 5.56 Å². The number of hydrogen-bond acceptors (Lipinski definition) is 4. The molecule has 0 spiro atoms. The summed E-state index contributed by atoms with van der Waals surface area (Å²) in [5.41, 5.74) is 5.44. The third-order valence-corrected chi connectivity index (χ3v) is 1.64. The van der Waals surface area contributed by atoms with Gasteiger partial charge in [0.25, 0.3) is 5.56 Å². The smallest absolute Gasteiger partial charge is 0.257 e. The highest BCUT2D eigenvalue weighted by atomic mass is 16.3. The van der Waals surface area contributed by atoms with Crippen LogP contribution in [0.2, 0.25) is 0 Å². The van der Waals surface area contributed by atoms with E-state index < -0.39 is 0 Å². The Morgan fingerprint density at radius 2 is 2.31 bits per heavy atom. The van der Waals surface area contributed by atoms with E-state index in [4.69, 9.17) is 5.73 Å². The predicted octanol–water partition coefficient (Wildman–Crippen LogP) is -0.326. The second-order valence-corrected chi connectivity index (χ2v) is 3.13. The van der Waals surface area contributed by atoms with Gasteiger partial charge in [-0.05, 0) is 20.3 Å². The minimum Gasteiger partial charge on any atom is -0.493 e. The van der Waals surface area contributed by atoms with Crippen LogP contribution in [0.25, 0.3) is 0 Å². The van der Waals surface area contributed by atoms with Gasteiger partial charge in [-0.25, -0.2) is 4.98 Å². The Labute approximate surface area is 75.6 Å². The number of nitrogens with one attached hydrogen (secondary N) is 1. The van der Waals surface area contributed by atoms with Crippen molar-refractivity contribution in [3.63, 3.8) is 0 Å². The van der Waals surface area contributed by atoms with Crippen molar-refractivity contribution >= 4 is 0 Å². The van der Waals surface area contributed by atoms with Crippen LogP contribution in [0, 0.1) is 6.92 Å². The number of nitrogens with zero attached hydrogens (tertiary/aromatic N) is 1. The number of aromatic nitrogens is 2. The van der Waals surface area contributed by atoms with Gasteiger partial charge in [-0.3, -0.25) is 4.79 Å². The molecule has 0 saturated heterocycles. The molecule has 5 heteroatoms. The maximum absolute atomic E-state index is 11.3. The monoisotopic (exact) mass is 183 g/mol. The van der Waals surface area contributed by atoms with Crippen molar-refractivity contribution in [1.82, 2.24) is 9.97 Å². The molecule has 0 aliphatic carbocycles. The molecule has 0 bridgehead atoms. The van der Waals surface area contributed by atoms with E-state index in [1.54, 1.807) is 13.8 Å². The molecular weight excluding hydrogens is 170 g/mol. The van der Waals surface area contributed by atoms with Crippen LogP contribution in [0.4, 0.5) is 0 Å². The molecule has 0 saturated carbocycles. The van der Waals surface area contributed by atoms with Crippen LogP contribution in [-0.4, -0.2) is 21.1 Å². The molecule has 1 aromatic rings. The summed E-state index contributed by atoms with van der Waals surface area (Å²) in [5, 5.41) is 9.33. The first kappa shape index (κ1) is 9.73. The lowest BCUT2D eigenvalue weighted by atomic mass is 10.1. The third-order valence-electron chi connectivity index (χ3n) is 1.64. The van der Waals surface area contributed by atoms with Crippen molar-refractivity contribution in [2.75, 3.05) is 0 Å². The lowest BCUT2D eigenvalue weighted by molar-refractivity contribution is 0.438. The van der Waals surface area contributed by atoms with E-state index in [2.05, 4.69) is 9.97 Å². The first-order chi connectivity index (χ1) is 6.00. The Hall–Kier alpha value is -1.36. The minimum atomic E-state index is -0.317. The molecule has 1 heterocycles. The van der Waals surface area contributed by atoms with Gasteiger partial charge in [0, 0.05) is 6.04 Å². The van der Waals surface area contributed by atoms with Crippen LogP contribution < -0.4 is 11.3 Å². The Kier molecular flexibility index (Phi) is 2.67. The largest absolute Gasteiger partial charge is 0.493 e. The van der Waals surface area contributed by atoms with E-state index in [1.165, 1.54) is 0 Å². The lowest BCUT2D eigenvalue weighted by Crippen LogP contribution is -2.24. The third kappa shape index (κ3) is 2.29. The number of hydrogen-bond donors (Lipinski definition) is 3. The average molecular weight is 183 g/mol. The van der Waals surface area contributed by atoms with E-state index >= 15 is 0 Å². The van der Waals surface area contributed by atoms with Gasteiger partial charge >= 0.3 is 0 Å². The molecule has 1 aromatic heterocycles. The number of H-pyrrole nitrogens is 1. The molecule has 0 amide bonds. The predicted molar refractivity (Wildman–Crippen MR) is 48.6 cm³/mol. The van der Waals surface area contributed by atoms with Crippen LogP contribution in [0.1, 0.15) is 18.3 Å². The lowest BCUT2D eigenvalue weighted by Gasteiger charge is -2.05. The van der Waals surface area contributed by atoms with Gasteiger partial charge in [-0.2, -0.15) is 0 Å². The summed E-state index contributed by atoms with van der Waals surface area (Å²) in [6, 6.07) is -0.170. The molecule has 72 valence electrons. The van der Waals surface area contributed by atoms with Crippen LogP contribution >= 0.6 is 0 Å². The van der Waals surface area contributed by atoms with Gasteiger partial charge in [-0.1, -0.05) is 0 Å². The average Bonchev–Trinajstić information content (AvgIpc) is 1.96. The molecule has 4 N–H and O–H groups in total. The summed E-state index contributed by atoms with van der Waals surface area (Å²) in [4.78, 5) is 17.5. The van der Waals surface area contributed by atoms with Crippen LogP contribution in [0.5, 0.6) is 5.88 Å².